The van der Waals surface area contributed by atoms with Crippen molar-refractivity contribution in [1.29, 1.82) is 0 Å². The monoisotopic (exact) mass is 318 g/mol. The number of hydrogen-bond donors (Lipinski definition) is 1. The smallest absolute Gasteiger partial charge is 0.0874 e. The normalized spacial score (nSPS) is 25.4. The number of aliphatic hydroxyl groups excluding tert-OH is 1. The molecule has 1 aliphatic heterocycles. The van der Waals surface area contributed by atoms with Gasteiger partial charge in [-0.1, -0.05) is 62.6 Å². The second kappa shape index (κ2) is 9.86. The average molecular weight is 318 g/mol. The Kier molecular flexibility index (Phi) is 7.80. The summed E-state index contributed by atoms with van der Waals surface area (Å²) in [6.07, 6.45) is 7.17. The third kappa shape index (κ3) is 5.76. The van der Waals surface area contributed by atoms with E-state index in [2.05, 4.69) is 25.6 Å². The summed E-state index contributed by atoms with van der Waals surface area (Å²) in [7, 11) is 0. The molecule has 3 nitrogen and oxygen atoms in total. The molecule has 1 N–H and O–H groups in total. The lowest BCUT2D eigenvalue weighted by atomic mass is 10.0. The molecule has 2 rings (SSSR count). The lowest BCUT2D eigenvalue weighted by Crippen LogP contribution is -2.29. The maximum absolute atomic E-state index is 10.2. The first-order valence-corrected chi connectivity index (χ1v) is 8.84. The molecule has 1 aromatic carbocycles. The predicted molar refractivity (Wildman–Crippen MR) is 93.3 cm³/mol. The van der Waals surface area contributed by atoms with Gasteiger partial charge >= 0.3 is 0 Å². The van der Waals surface area contributed by atoms with Gasteiger partial charge in [0.15, 0.2) is 0 Å². The number of unbranched alkanes of at least 4 members (excludes halogenated alkanes) is 2. The van der Waals surface area contributed by atoms with Gasteiger partial charge in [0.25, 0.3) is 0 Å². The van der Waals surface area contributed by atoms with Crippen LogP contribution in [0.3, 0.4) is 0 Å². The molecular weight excluding hydrogens is 288 g/mol. The number of ether oxygens (including phenoxy) is 2. The maximum atomic E-state index is 10.2. The first-order valence-electron chi connectivity index (χ1n) is 8.84. The van der Waals surface area contributed by atoms with Crippen LogP contribution < -0.4 is 0 Å². The highest BCUT2D eigenvalue weighted by Crippen LogP contribution is 2.29. The topological polar surface area (TPSA) is 38.7 Å². The molecule has 4 atom stereocenters. The van der Waals surface area contributed by atoms with Crippen LogP contribution in [0.4, 0.5) is 0 Å². The molecule has 1 saturated heterocycles. The Morgan fingerprint density at radius 3 is 2.83 bits per heavy atom. The Morgan fingerprint density at radius 1 is 1.35 bits per heavy atom. The van der Waals surface area contributed by atoms with E-state index in [-0.39, 0.29) is 18.3 Å². The zero-order chi connectivity index (χ0) is 16.5. The Morgan fingerprint density at radius 2 is 2.13 bits per heavy atom. The summed E-state index contributed by atoms with van der Waals surface area (Å²) in [5, 5.41) is 10.2. The fourth-order valence-corrected chi connectivity index (χ4v) is 3.13. The van der Waals surface area contributed by atoms with Crippen molar-refractivity contribution in [2.75, 3.05) is 0 Å². The van der Waals surface area contributed by atoms with Gasteiger partial charge in [-0.3, -0.25) is 0 Å². The third-order valence-corrected chi connectivity index (χ3v) is 4.47. The van der Waals surface area contributed by atoms with Gasteiger partial charge in [-0.2, -0.15) is 0 Å². The lowest BCUT2D eigenvalue weighted by molar-refractivity contribution is -0.0817. The van der Waals surface area contributed by atoms with Gasteiger partial charge in [0, 0.05) is 6.42 Å². The van der Waals surface area contributed by atoms with Crippen LogP contribution in [0.2, 0.25) is 0 Å². The van der Waals surface area contributed by atoms with Gasteiger partial charge in [0.2, 0.25) is 0 Å². The summed E-state index contributed by atoms with van der Waals surface area (Å²) < 4.78 is 12.2. The Balaban J connectivity index is 1.92. The Hall–Kier alpha value is -1.16. The molecular formula is C20H30O3. The standard InChI is InChI=1S/C20H30O3/c1-3-5-7-13-19(22-15-16-11-8-6-9-12-16)20-14-17(21)18(23-20)10-4-2/h4,6,8-9,11-12,17-21H,2-3,5,7,10,13-15H2,1H3/t17-,18-,19+,20-/m1/s1. The molecule has 128 valence electrons. The van der Waals surface area contributed by atoms with Crippen molar-refractivity contribution in [3.8, 4) is 0 Å². The zero-order valence-electron chi connectivity index (χ0n) is 14.2. The van der Waals surface area contributed by atoms with E-state index in [1.807, 2.05) is 24.3 Å². The van der Waals surface area contributed by atoms with Crippen LogP contribution in [0, 0.1) is 0 Å². The molecule has 0 saturated carbocycles. The molecule has 0 amide bonds. The van der Waals surface area contributed by atoms with Crippen LogP contribution in [0.1, 0.15) is 51.0 Å². The minimum atomic E-state index is -0.410. The van der Waals surface area contributed by atoms with Gasteiger partial charge in [-0.15, -0.1) is 6.58 Å². The summed E-state index contributed by atoms with van der Waals surface area (Å²) in [5.74, 6) is 0. The highest BCUT2D eigenvalue weighted by Gasteiger charge is 2.37. The summed E-state index contributed by atoms with van der Waals surface area (Å²) >= 11 is 0. The lowest BCUT2D eigenvalue weighted by Gasteiger charge is -2.24. The van der Waals surface area contributed by atoms with Crippen molar-refractivity contribution in [3.63, 3.8) is 0 Å². The largest absolute Gasteiger partial charge is 0.390 e. The van der Waals surface area contributed by atoms with Crippen LogP contribution >= 0.6 is 0 Å². The SMILES string of the molecule is C=CC[C@H]1O[C@@H]([C@H](CCCCC)OCc2ccccc2)C[C@H]1O. The van der Waals surface area contributed by atoms with Crippen molar-refractivity contribution < 1.29 is 14.6 Å². The molecule has 0 aromatic heterocycles. The van der Waals surface area contributed by atoms with Gasteiger partial charge in [-0.25, -0.2) is 0 Å². The first-order chi connectivity index (χ1) is 11.2. The summed E-state index contributed by atoms with van der Waals surface area (Å²) in [6.45, 7) is 6.54. The van der Waals surface area contributed by atoms with Crippen LogP contribution in [0.5, 0.6) is 0 Å². The number of aliphatic hydroxyl groups is 1. The minimum Gasteiger partial charge on any atom is -0.390 e. The van der Waals surface area contributed by atoms with E-state index in [0.717, 1.165) is 12.8 Å². The first kappa shape index (κ1) is 18.2. The highest BCUT2D eigenvalue weighted by atomic mass is 16.6. The van der Waals surface area contributed by atoms with E-state index < -0.39 is 6.10 Å². The predicted octanol–water partition coefficient (Wildman–Crippen LogP) is 4.25. The molecule has 0 radical (unpaired) electrons. The van der Waals surface area contributed by atoms with Crippen molar-refractivity contribution in [2.24, 2.45) is 0 Å². The third-order valence-electron chi connectivity index (χ3n) is 4.47. The second-order valence-electron chi connectivity index (χ2n) is 6.37. The van der Waals surface area contributed by atoms with E-state index in [4.69, 9.17) is 9.47 Å². The molecule has 1 aromatic rings. The number of benzene rings is 1. The molecule has 0 bridgehead atoms. The molecule has 1 aliphatic rings. The molecule has 1 heterocycles. The average Bonchev–Trinajstić information content (AvgIpc) is 2.93. The van der Waals surface area contributed by atoms with E-state index >= 15 is 0 Å². The Labute approximate surface area is 140 Å². The molecule has 0 spiro atoms. The molecule has 0 unspecified atom stereocenters. The quantitative estimate of drug-likeness (QED) is 0.518. The van der Waals surface area contributed by atoms with Crippen molar-refractivity contribution in [2.45, 2.75) is 76.5 Å². The van der Waals surface area contributed by atoms with Crippen molar-refractivity contribution in [1.82, 2.24) is 0 Å². The van der Waals surface area contributed by atoms with E-state index in [1.165, 1.54) is 18.4 Å². The maximum Gasteiger partial charge on any atom is 0.0874 e. The number of rotatable bonds is 10. The zero-order valence-corrected chi connectivity index (χ0v) is 14.2. The van der Waals surface area contributed by atoms with Gasteiger partial charge in [0.05, 0.1) is 31.0 Å². The van der Waals surface area contributed by atoms with Crippen LogP contribution in [-0.4, -0.2) is 29.5 Å². The fourth-order valence-electron chi connectivity index (χ4n) is 3.13. The van der Waals surface area contributed by atoms with Gasteiger partial charge in [0.1, 0.15) is 0 Å². The number of hydrogen-bond acceptors (Lipinski definition) is 3. The molecule has 1 fully saturated rings. The van der Waals surface area contributed by atoms with Crippen LogP contribution in [-0.2, 0) is 16.1 Å². The summed E-state index contributed by atoms with van der Waals surface area (Å²) in [4.78, 5) is 0. The van der Waals surface area contributed by atoms with Crippen molar-refractivity contribution in [3.05, 3.63) is 48.6 Å². The van der Waals surface area contributed by atoms with E-state index in [0.29, 0.717) is 19.4 Å². The highest BCUT2D eigenvalue weighted by molar-refractivity contribution is 5.13. The summed E-state index contributed by atoms with van der Waals surface area (Å²) in [5.41, 5.74) is 1.18. The van der Waals surface area contributed by atoms with Crippen LogP contribution in [0.25, 0.3) is 0 Å². The fraction of sp³-hybridized carbons (Fsp3) is 0.600. The van der Waals surface area contributed by atoms with Crippen LogP contribution in [0.15, 0.2) is 43.0 Å². The molecule has 23 heavy (non-hydrogen) atoms. The second-order valence-corrected chi connectivity index (χ2v) is 6.37. The van der Waals surface area contributed by atoms with E-state index in [1.54, 1.807) is 0 Å². The molecule has 0 aliphatic carbocycles. The molecule has 3 heteroatoms. The summed E-state index contributed by atoms with van der Waals surface area (Å²) in [6, 6.07) is 10.2. The van der Waals surface area contributed by atoms with Gasteiger partial charge < -0.3 is 14.6 Å². The Bertz CT molecular complexity index is 445. The van der Waals surface area contributed by atoms with Gasteiger partial charge in [-0.05, 0) is 18.4 Å². The van der Waals surface area contributed by atoms with E-state index in [9.17, 15) is 5.11 Å². The minimum absolute atomic E-state index is 0.0180. The van der Waals surface area contributed by atoms with Crippen molar-refractivity contribution >= 4 is 0 Å².